The summed E-state index contributed by atoms with van der Waals surface area (Å²) in [5.41, 5.74) is 1.26. The van der Waals surface area contributed by atoms with Crippen LogP contribution in [0.5, 0.6) is 0 Å². The van der Waals surface area contributed by atoms with Crippen molar-refractivity contribution in [2.75, 3.05) is 0 Å². The Morgan fingerprint density at radius 1 is 1.17 bits per heavy atom. The normalized spacial score (nSPS) is 12.1. The van der Waals surface area contributed by atoms with E-state index in [4.69, 9.17) is 0 Å². The van der Waals surface area contributed by atoms with Crippen molar-refractivity contribution in [3.8, 4) is 0 Å². The molecule has 0 heterocycles. The van der Waals surface area contributed by atoms with E-state index in [0.29, 0.717) is 4.90 Å². The number of fused-ring (bicyclic) bond motifs is 1. The molecule has 0 aliphatic rings. The minimum absolute atomic E-state index is 0. The summed E-state index contributed by atoms with van der Waals surface area (Å²) in [5, 5.41) is 1.99. The Kier molecular flexibility index (Phi) is 6.53. The van der Waals surface area contributed by atoms with Gasteiger partial charge in [0.25, 0.3) is 0 Å². The third kappa shape index (κ3) is 3.43. The van der Waals surface area contributed by atoms with Crippen LogP contribution >= 0.6 is 0 Å². The van der Waals surface area contributed by atoms with E-state index in [1.165, 1.54) is 5.56 Å². The maximum absolute atomic E-state index is 11.3. The van der Waals surface area contributed by atoms with Crippen LogP contribution in [0.1, 0.15) is 26.8 Å². The zero-order chi connectivity index (χ0) is 12.3. The molecule has 1 N–H and O–H groups in total. The third-order valence-corrected chi connectivity index (χ3v) is 3.69. The van der Waals surface area contributed by atoms with Crippen LogP contribution in [-0.4, -0.2) is 8.76 Å². The van der Waals surface area contributed by atoms with E-state index < -0.39 is 11.1 Å². The third-order valence-electron chi connectivity index (χ3n) is 2.96. The molecule has 0 amide bonds. The SMILES string of the molecule is CCCCc1cccc2c(S(=O)O)cccc12.[H-].[Na+]. The van der Waals surface area contributed by atoms with Crippen molar-refractivity contribution >= 4 is 21.9 Å². The van der Waals surface area contributed by atoms with Crippen LogP contribution in [-0.2, 0) is 17.5 Å². The van der Waals surface area contributed by atoms with Gasteiger partial charge in [0.2, 0.25) is 0 Å². The molecule has 0 fully saturated rings. The molecule has 0 radical (unpaired) electrons. The summed E-state index contributed by atoms with van der Waals surface area (Å²) in [7, 11) is 0. The van der Waals surface area contributed by atoms with Crippen molar-refractivity contribution in [1.29, 1.82) is 0 Å². The van der Waals surface area contributed by atoms with Gasteiger partial charge in [0.1, 0.15) is 0 Å². The summed E-state index contributed by atoms with van der Waals surface area (Å²) < 4.78 is 20.5. The maximum atomic E-state index is 11.3. The second kappa shape index (κ2) is 7.41. The minimum Gasteiger partial charge on any atom is -1.00 e. The average molecular weight is 272 g/mol. The van der Waals surface area contributed by atoms with E-state index in [1.54, 1.807) is 6.07 Å². The van der Waals surface area contributed by atoms with Crippen LogP contribution in [0.3, 0.4) is 0 Å². The van der Waals surface area contributed by atoms with Gasteiger partial charge in [-0.05, 0) is 29.9 Å². The fourth-order valence-electron chi connectivity index (χ4n) is 2.08. The van der Waals surface area contributed by atoms with Gasteiger partial charge in [-0.2, -0.15) is 0 Å². The molecule has 92 valence electrons. The molecule has 2 aromatic carbocycles. The largest absolute Gasteiger partial charge is 1.00 e. The van der Waals surface area contributed by atoms with E-state index in [-0.39, 0.29) is 31.0 Å². The van der Waals surface area contributed by atoms with Crippen molar-refractivity contribution in [3.05, 3.63) is 42.0 Å². The van der Waals surface area contributed by atoms with Gasteiger partial charge in [-0.3, -0.25) is 0 Å². The predicted molar refractivity (Wildman–Crippen MR) is 72.7 cm³/mol. The molecular weight excluding hydrogens is 255 g/mol. The topological polar surface area (TPSA) is 37.3 Å². The molecule has 1 unspecified atom stereocenters. The number of benzene rings is 2. The number of rotatable bonds is 4. The second-order valence-electron chi connectivity index (χ2n) is 4.12. The van der Waals surface area contributed by atoms with Crippen molar-refractivity contribution < 1.29 is 39.7 Å². The number of unbranched alkanes of at least 4 members (excludes halogenated alkanes) is 1. The van der Waals surface area contributed by atoms with Crippen LogP contribution in [0, 0.1) is 0 Å². The Bertz CT molecular complexity index is 560. The molecule has 0 aromatic heterocycles. The summed E-state index contributed by atoms with van der Waals surface area (Å²) in [6.45, 7) is 2.17. The summed E-state index contributed by atoms with van der Waals surface area (Å²) in [5.74, 6) is 0. The summed E-state index contributed by atoms with van der Waals surface area (Å²) >= 11 is -1.92. The minimum atomic E-state index is -1.92. The monoisotopic (exact) mass is 272 g/mol. The molecule has 0 saturated heterocycles. The van der Waals surface area contributed by atoms with Crippen molar-refractivity contribution in [3.63, 3.8) is 0 Å². The van der Waals surface area contributed by atoms with Gasteiger partial charge >= 0.3 is 29.6 Å². The summed E-state index contributed by atoms with van der Waals surface area (Å²) in [4.78, 5) is 0.501. The molecule has 2 rings (SSSR count). The zero-order valence-corrected chi connectivity index (χ0v) is 13.7. The molecule has 1 atom stereocenters. The molecule has 2 aromatic rings. The van der Waals surface area contributed by atoms with Gasteiger partial charge in [-0.1, -0.05) is 43.7 Å². The first-order valence-corrected chi connectivity index (χ1v) is 6.96. The first-order valence-electron chi connectivity index (χ1n) is 5.85. The molecule has 0 spiro atoms. The van der Waals surface area contributed by atoms with Crippen LogP contribution in [0.4, 0.5) is 0 Å². The Labute approximate surface area is 134 Å². The Morgan fingerprint density at radius 3 is 2.50 bits per heavy atom. The molecule has 2 nitrogen and oxygen atoms in total. The number of hydrogen-bond donors (Lipinski definition) is 1. The quantitative estimate of drug-likeness (QED) is 0.663. The fourth-order valence-corrected chi connectivity index (χ4v) is 2.64. The van der Waals surface area contributed by atoms with Gasteiger partial charge in [0.05, 0.1) is 4.90 Å². The molecule has 0 aliphatic heterocycles. The Morgan fingerprint density at radius 2 is 1.83 bits per heavy atom. The van der Waals surface area contributed by atoms with Gasteiger partial charge in [0.15, 0.2) is 11.1 Å². The molecule has 4 heteroatoms. The van der Waals surface area contributed by atoms with E-state index in [1.807, 2.05) is 24.3 Å². The second-order valence-corrected chi connectivity index (χ2v) is 5.06. The van der Waals surface area contributed by atoms with Crippen LogP contribution < -0.4 is 29.6 Å². The van der Waals surface area contributed by atoms with Gasteiger partial charge < -0.3 is 5.98 Å². The average Bonchev–Trinajstić information content (AvgIpc) is 2.35. The summed E-state index contributed by atoms with van der Waals surface area (Å²) in [6.07, 6.45) is 3.32. The van der Waals surface area contributed by atoms with Crippen LogP contribution in [0.25, 0.3) is 10.8 Å². The van der Waals surface area contributed by atoms with Crippen molar-refractivity contribution in [1.82, 2.24) is 0 Å². The molecule has 18 heavy (non-hydrogen) atoms. The van der Waals surface area contributed by atoms with E-state index in [0.717, 1.165) is 30.0 Å². The maximum Gasteiger partial charge on any atom is 1.00 e. The van der Waals surface area contributed by atoms with Gasteiger partial charge in [0, 0.05) is 5.39 Å². The van der Waals surface area contributed by atoms with Crippen LogP contribution in [0.15, 0.2) is 41.3 Å². The van der Waals surface area contributed by atoms with E-state index in [2.05, 4.69) is 13.0 Å². The Balaban J connectivity index is 0.00000162. The first-order chi connectivity index (χ1) is 8.24. The Hall–Kier alpha value is -0.190. The van der Waals surface area contributed by atoms with Crippen molar-refractivity contribution in [2.45, 2.75) is 31.1 Å². The van der Waals surface area contributed by atoms with Gasteiger partial charge in [-0.25, -0.2) is 4.21 Å². The fraction of sp³-hybridized carbons (Fsp3) is 0.286. The number of hydrogen-bond acceptors (Lipinski definition) is 1. The number of aryl methyl sites for hydroxylation is 1. The smallest absolute Gasteiger partial charge is 1.00 e. The molecule has 0 bridgehead atoms. The van der Waals surface area contributed by atoms with E-state index in [9.17, 15) is 8.76 Å². The molecular formula is C14H17NaO2S. The predicted octanol–water partition coefficient (Wildman–Crippen LogP) is 0.880. The van der Waals surface area contributed by atoms with Gasteiger partial charge in [-0.15, -0.1) is 0 Å². The van der Waals surface area contributed by atoms with Crippen molar-refractivity contribution in [2.24, 2.45) is 0 Å². The molecule has 0 saturated carbocycles. The molecule has 0 aliphatic carbocycles. The standard InChI is InChI=1S/C14H16O2S.Na.H/c1-2-3-6-11-7-4-9-13-12(11)8-5-10-14(13)17(15)16;;/h4-5,7-10H,2-3,6H2,1H3,(H,15,16);;/q;+1;-1. The van der Waals surface area contributed by atoms with Crippen LogP contribution in [0.2, 0.25) is 0 Å². The zero-order valence-electron chi connectivity index (χ0n) is 11.8. The first kappa shape index (κ1) is 15.9. The van der Waals surface area contributed by atoms with E-state index >= 15 is 0 Å². The summed E-state index contributed by atoms with van der Waals surface area (Å²) in [6, 6.07) is 11.6.